The number of hydrogen-bond donors (Lipinski definition) is 1. The number of hydrogen-bond acceptors (Lipinski definition) is 4. The van der Waals surface area contributed by atoms with E-state index in [9.17, 15) is 14.7 Å². The Morgan fingerprint density at radius 3 is 2.68 bits per heavy atom. The molecule has 104 valence electrons. The third kappa shape index (κ3) is 1.55. The second-order valence-corrected chi connectivity index (χ2v) is 6.44. The van der Waals surface area contributed by atoms with Crippen molar-refractivity contribution >= 4 is 11.8 Å². The van der Waals surface area contributed by atoms with Crippen LogP contribution in [0.15, 0.2) is 11.1 Å². The van der Waals surface area contributed by atoms with Crippen molar-refractivity contribution in [2.45, 2.75) is 52.2 Å². The summed E-state index contributed by atoms with van der Waals surface area (Å²) in [7, 11) is 0. The van der Waals surface area contributed by atoms with E-state index in [1.165, 1.54) is 0 Å². The van der Waals surface area contributed by atoms with Crippen LogP contribution in [0.25, 0.3) is 0 Å². The summed E-state index contributed by atoms with van der Waals surface area (Å²) in [5.74, 6) is -0.573. The van der Waals surface area contributed by atoms with Gasteiger partial charge in [-0.2, -0.15) is 0 Å². The van der Waals surface area contributed by atoms with E-state index >= 15 is 0 Å². The molecule has 0 aromatic heterocycles. The Bertz CT molecular complexity index is 492. The first-order chi connectivity index (χ1) is 8.86. The van der Waals surface area contributed by atoms with Crippen molar-refractivity contribution in [3.8, 4) is 0 Å². The van der Waals surface area contributed by atoms with E-state index in [1.807, 2.05) is 13.8 Å². The number of aliphatic hydroxyl groups is 1. The van der Waals surface area contributed by atoms with E-state index in [0.29, 0.717) is 12.8 Å². The molecule has 3 rings (SSSR count). The molecular weight excluding hydrogens is 244 g/mol. The molecule has 0 unspecified atom stereocenters. The average Bonchev–Trinajstić information content (AvgIpc) is 2.61. The van der Waals surface area contributed by atoms with Crippen LogP contribution < -0.4 is 0 Å². The molecule has 0 radical (unpaired) electrons. The molecule has 2 fully saturated rings. The maximum atomic E-state index is 12.3. The number of fused-ring (bicyclic) bond motifs is 3. The Hall–Kier alpha value is -1.16. The average molecular weight is 264 g/mol. The molecule has 3 aliphatic rings. The standard InChI is InChI=1S/C15H20O4/c1-7-4-5-10(17)15(3)6-9(16)11-8(2)14(18)19-13(11)12(7)15/h8-9,11,13,16H,4-6H2,1-3H3/t8-,9+,11-,13+,15+/m0/s1. The minimum atomic E-state index is -0.646. The van der Waals surface area contributed by atoms with Gasteiger partial charge in [-0.15, -0.1) is 0 Å². The first-order valence-corrected chi connectivity index (χ1v) is 6.98. The van der Waals surface area contributed by atoms with Gasteiger partial charge in [-0.1, -0.05) is 12.5 Å². The number of ketones is 1. The molecule has 0 aromatic carbocycles. The van der Waals surface area contributed by atoms with Gasteiger partial charge in [0, 0.05) is 12.3 Å². The second kappa shape index (κ2) is 3.92. The number of esters is 1. The zero-order valence-corrected chi connectivity index (χ0v) is 11.6. The second-order valence-electron chi connectivity index (χ2n) is 6.44. The van der Waals surface area contributed by atoms with E-state index in [1.54, 1.807) is 6.92 Å². The predicted molar refractivity (Wildman–Crippen MR) is 68.2 cm³/mol. The van der Waals surface area contributed by atoms with Crippen molar-refractivity contribution in [3.05, 3.63) is 11.1 Å². The lowest BCUT2D eigenvalue weighted by Crippen LogP contribution is -2.51. The van der Waals surface area contributed by atoms with Gasteiger partial charge < -0.3 is 9.84 Å². The lowest BCUT2D eigenvalue weighted by Gasteiger charge is -2.46. The highest BCUT2D eigenvalue weighted by atomic mass is 16.6. The van der Waals surface area contributed by atoms with Crippen molar-refractivity contribution in [1.82, 2.24) is 0 Å². The zero-order valence-electron chi connectivity index (χ0n) is 11.6. The minimum absolute atomic E-state index is 0.168. The molecule has 1 aliphatic heterocycles. The van der Waals surface area contributed by atoms with Gasteiger partial charge in [0.25, 0.3) is 0 Å². The summed E-state index contributed by atoms with van der Waals surface area (Å²) in [4.78, 5) is 24.1. The number of Topliss-reactive ketones (excluding diaryl/α,β-unsaturated/α-hetero) is 1. The highest BCUT2D eigenvalue weighted by Crippen LogP contribution is 2.54. The van der Waals surface area contributed by atoms with Crippen molar-refractivity contribution < 1.29 is 19.4 Å². The number of allylic oxidation sites excluding steroid dienone is 1. The van der Waals surface area contributed by atoms with Crippen LogP contribution >= 0.6 is 0 Å². The Morgan fingerprint density at radius 2 is 2.00 bits per heavy atom. The molecule has 4 heteroatoms. The SMILES string of the molecule is CC1=C2[C@@H]3OC(=O)[C@@H](C)[C@H]3[C@H](O)C[C@]2(C)C(=O)CC1. The van der Waals surface area contributed by atoms with Crippen molar-refractivity contribution in [1.29, 1.82) is 0 Å². The highest BCUT2D eigenvalue weighted by Gasteiger charge is 2.59. The highest BCUT2D eigenvalue weighted by molar-refractivity contribution is 5.90. The molecule has 19 heavy (non-hydrogen) atoms. The van der Waals surface area contributed by atoms with Crippen molar-refractivity contribution in [3.63, 3.8) is 0 Å². The molecule has 1 N–H and O–H groups in total. The summed E-state index contributed by atoms with van der Waals surface area (Å²) in [6, 6.07) is 0. The fraction of sp³-hybridized carbons (Fsp3) is 0.733. The van der Waals surface area contributed by atoms with E-state index < -0.39 is 17.6 Å². The molecule has 1 saturated heterocycles. The zero-order chi connectivity index (χ0) is 13.9. The molecule has 0 amide bonds. The summed E-state index contributed by atoms with van der Waals surface area (Å²) in [5, 5.41) is 10.4. The maximum Gasteiger partial charge on any atom is 0.309 e. The van der Waals surface area contributed by atoms with E-state index in [0.717, 1.165) is 17.6 Å². The third-order valence-corrected chi connectivity index (χ3v) is 5.28. The lowest BCUT2D eigenvalue weighted by molar-refractivity contribution is -0.145. The number of carbonyl (C=O) groups is 2. The lowest BCUT2D eigenvalue weighted by atomic mass is 9.58. The van der Waals surface area contributed by atoms with Crippen LogP contribution in [-0.2, 0) is 14.3 Å². The van der Waals surface area contributed by atoms with Gasteiger partial charge in [0.2, 0.25) is 0 Å². The topological polar surface area (TPSA) is 63.6 Å². The monoisotopic (exact) mass is 264 g/mol. The Kier molecular flexibility index (Phi) is 2.65. The van der Waals surface area contributed by atoms with Crippen molar-refractivity contribution in [2.75, 3.05) is 0 Å². The fourth-order valence-corrected chi connectivity index (χ4v) is 4.18. The summed E-state index contributed by atoms with van der Waals surface area (Å²) >= 11 is 0. The Labute approximate surface area is 112 Å². The number of rotatable bonds is 0. The van der Waals surface area contributed by atoms with Gasteiger partial charge in [0.1, 0.15) is 11.9 Å². The first kappa shape index (κ1) is 12.9. The van der Waals surface area contributed by atoms with Gasteiger partial charge in [0.05, 0.1) is 17.4 Å². The van der Waals surface area contributed by atoms with Gasteiger partial charge >= 0.3 is 5.97 Å². The number of carbonyl (C=O) groups excluding carboxylic acids is 2. The molecule has 5 atom stereocenters. The largest absolute Gasteiger partial charge is 0.457 e. The summed E-state index contributed by atoms with van der Waals surface area (Å²) in [6.07, 6.45) is 0.644. The quantitative estimate of drug-likeness (QED) is 0.533. The van der Waals surface area contributed by atoms with Crippen LogP contribution in [0.3, 0.4) is 0 Å². The summed E-state index contributed by atoms with van der Waals surface area (Å²) in [6.45, 7) is 5.72. The Balaban J connectivity index is 2.12. The van der Waals surface area contributed by atoms with Crippen LogP contribution in [0.1, 0.15) is 40.0 Å². The predicted octanol–water partition coefficient (Wildman–Crippen LogP) is 1.61. The third-order valence-electron chi connectivity index (χ3n) is 5.28. The van der Waals surface area contributed by atoms with Crippen LogP contribution in [0.5, 0.6) is 0 Å². The summed E-state index contributed by atoms with van der Waals surface area (Å²) in [5.41, 5.74) is 1.48. The molecule has 4 nitrogen and oxygen atoms in total. The fourth-order valence-electron chi connectivity index (χ4n) is 4.18. The maximum absolute atomic E-state index is 12.3. The van der Waals surface area contributed by atoms with Crippen molar-refractivity contribution in [2.24, 2.45) is 17.3 Å². The molecule has 0 spiro atoms. The van der Waals surface area contributed by atoms with Crippen LogP contribution in [0.2, 0.25) is 0 Å². The van der Waals surface area contributed by atoms with Gasteiger partial charge in [-0.25, -0.2) is 0 Å². The van der Waals surface area contributed by atoms with E-state index in [-0.39, 0.29) is 23.6 Å². The minimum Gasteiger partial charge on any atom is -0.457 e. The molecule has 0 aromatic rings. The smallest absolute Gasteiger partial charge is 0.309 e. The molecular formula is C15H20O4. The molecule has 1 saturated carbocycles. The van der Waals surface area contributed by atoms with Gasteiger partial charge in [-0.3, -0.25) is 9.59 Å². The first-order valence-electron chi connectivity index (χ1n) is 6.98. The van der Waals surface area contributed by atoms with E-state index in [2.05, 4.69) is 0 Å². The Morgan fingerprint density at radius 1 is 1.32 bits per heavy atom. The summed E-state index contributed by atoms with van der Waals surface area (Å²) < 4.78 is 5.49. The van der Waals surface area contributed by atoms with Gasteiger partial charge in [0.15, 0.2) is 0 Å². The number of aliphatic hydroxyl groups excluding tert-OH is 1. The van der Waals surface area contributed by atoms with Crippen LogP contribution in [0.4, 0.5) is 0 Å². The van der Waals surface area contributed by atoms with Gasteiger partial charge in [-0.05, 0) is 32.3 Å². The van der Waals surface area contributed by atoms with Crippen LogP contribution in [0, 0.1) is 17.3 Å². The molecule has 2 aliphatic carbocycles. The normalized spacial score (nSPS) is 45.9. The van der Waals surface area contributed by atoms with E-state index in [4.69, 9.17) is 4.74 Å². The van der Waals surface area contributed by atoms with Crippen LogP contribution in [-0.4, -0.2) is 29.1 Å². The molecule has 1 heterocycles. The molecule has 0 bridgehead atoms. The number of ether oxygens (including phenoxy) is 1.